The fraction of sp³-hybridized carbons (Fsp3) is 0.182. The number of phenolic OH excluding ortho intramolecular Hbond substituents is 1. The van der Waals surface area contributed by atoms with Gasteiger partial charge in [0.2, 0.25) is 15.8 Å². The summed E-state index contributed by atoms with van der Waals surface area (Å²) in [6.45, 7) is -0.606. The lowest BCUT2D eigenvalue weighted by Crippen LogP contribution is -2.30. The normalized spacial score (nSPS) is 13.4. The van der Waals surface area contributed by atoms with Crippen LogP contribution in [0.25, 0.3) is 0 Å². The lowest BCUT2D eigenvalue weighted by atomic mass is 9.96. The highest BCUT2D eigenvalue weighted by Gasteiger charge is 2.32. The number of nitrogens with zero attached hydrogens (tertiary/aromatic N) is 1. The van der Waals surface area contributed by atoms with Gasteiger partial charge in [-0.1, -0.05) is 71.7 Å². The summed E-state index contributed by atoms with van der Waals surface area (Å²) < 4.78 is 68.1. The van der Waals surface area contributed by atoms with Crippen LogP contribution in [0.3, 0.4) is 0 Å². The van der Waals surface area contributed by atoms with Gasteiger partial charge in [-0.3, -0.25) is 14.4 Å². The Bertz CT molecular complexity index is 2000. The van der Waals surface area contributed by atoms with Crippen molar-refractivity contribution < 1.29 is 41.1 Å². The van der Waals surface area contributed by atoms with Crippen LogP contribution < -0.4 is 5.32 Å². The number of benzene rings is 4. The largest absolute Gasteiger partial charge is 0.505 e. The van der Waals surface area contributed by atoms with Crippen molar-refractivity contribution in [2.24, 2.45) is 0 Å². The molecule has 2 N–H and O–H groups in total. The number of aryl methyl sites for hydroxylation is 1. The lowest BCUT2D eigenvalue weighted by Gasteiger charge is -2.24. The second-order valence-corrected chi connectivity index (χ2v) is 13.6. The van der Waals surface area contributed by atoms with E-state index in [2.05, 4.69) is 5.32 Å². The van der Waals surface area contributed by atoms with Crippen molar-refractivity contribution >= 4 is 56.4 Å². The standard InChI is InChI=1S/C33H25Cl2F3N2O6S/c34-25-15-26(35)31(43)30(16-25)47(45,46)40(17-20-4-9-24(10-5-20)33(36,37)38)18-21-3-1-2-19(12-21)6-11-28(41)23-8-7-22-14-29(42)32(44)39-27(22)13-23/h1-5,7-10,12-13,15-16,43H,6,11,14,17-18H2,(H,39,44). The summed E-state index contributed by atoms with van der Waals surface area (Å²) in [6.07, 6.45) is -4.26. The van der Waals surface area contributed by atoms with Crippen molar-refractivity contribution in [3.63, 3.8) is 0 Å². The summed E-state index contributed by atoms with van der Waals surface area (Å²) >= 11 is 12.0. The van der Waals surface area contributed by atoms with Crippen LogP contribution in [0.2, 0.25) is 10.0 Å². The van der Waals surface area contributed by atoms with Gasteiger partial charge in [-0.15, -0.1) is 0 Å². The Morgan fingerprint density at radius 3 is 2.28 bits per heavy atom. The van der Waals surface area contributed by atoms with Crippen LogP contribution in [0.15, 0.2) is 83.8 Å². The first kappa shape index (κ1) is 34.1. The number of fused-ring (bicyclic) bond motifs is 1. The van der Waals surface area contributed by atoms with E-state index < -0.39 is 44.1 Å². The second kappa shape index (κ2) is 13.5. The molecule has 0 aliphatic carbocycles. The minimum atomic E-state index is -4.58. The van der Waals surface area contributed by atoms with Gasteiger partial charge in [0.15, 0.2) is 11.5 Å². The van der Waals surface area contributed by atoms with E-state index in [0.29, 0.717) is 27.9 Å². The minimum absolute atomic E-state index is 0.0436. The molecule has 5 rings (SSSR count). The molecule has 0 saturated carbocycles. The molecule has 0 atom stereocenters. The number of hydrogen-bond donors (Lipinski definition) is 2. The molecule has 14 heteroatoms. The van der Waals surface area contributed by atoms with Gasteiger partial charge < -0.3 is 10.4 Å². The third kappa shape index (κ3) is 7.84. The number of alkyl halides is 3. The van der Waals surface area contributed by atoms with E-state index in [9.17, 15) is 41.1 Å². The van der Waals surface area contributed by atoms with Gasteiger partial charge in [0.1, 0.15) is 4.90 Å². The number of carbonyl (C=O) groups is 3. The van der Waals surface area contributed by atoms with Gasteiger partial charge in [-0.05, 0) is 59.0 Å². The molecule has 0 unspecified atom stereocenters. The molecule has 0 aromatic heterocycles. The number of halogens is 5. The van der Waals surface area contributed by atoms with Gasteiger partial charge in [-0.25, -0.2) is 8.42 Å². The molecular formula is C33H25Cl2F3N2O6S. The number of nitrogens with one attached hydrogen (secondary N) is 1. The molecule has 1 amide bonds. The first-order chi connectivity index (χ1) is 22.1. The third-order valence-corrected chi connectivity index (χ3v) is 9.84. The third-order valence-electron chi connectivity index (χ3n) is 7.53. The Hall–Kier alpha value is -4.23. The number of aromatic hydroxyl groups is 1. The molecule has 0 fully saturated rings. The smallest absolute Gasteiger partial charge is 0.416 e. The van der Waals surface area contributed by atoms with Crippen LogP contribution in [0, 0.1) is 0 Å². The van der Waals surface area contributed by atoms with E-state index in [-0.39, 0.29) is 53.7 Å². The molecule has 0 saturated heterocycles. The van der Waals surface area contributed by atoms with Crippen LogP contribution in [0.1, 0.15) is 44.6 Å². The average Bonchev–Trinajstić information content (AvgIpc) is 3.01. The molecule has 1 aliphatic rings. The molecule has 8 nitrogen and oxygen atoms in total. The summed E-state index contributed by atoms with van der Waals surface area (Å²) in [5, 5.41) is 12.7. The van der Waals surface area contributed by atoms with Crippen molar-refractivity contribution in [2.45, 2.75) is 43.4 Å². The van der Waals surface area contributed by atoms with Crippen LogP contribution >= 0.6 is 23.2 Å². The molecule has 4 aromatic rings. The van der Waals surface area contributed by atoms with E-state index in [1.165, 1.54) is 24.3 Å². The number of anilines is 1. The summed E-state index contributed by atoms with van der Waals surface area (Å²) in [7, 11) is -4.51. The molecule has 0 bridgehead atoms. The fourth-order valence-corrected chi connectivity index (χ4v) is 7.22. The van der Waals surface area contributed by atoms with E-state index in [1.807, 2.05) is 0 Å². The van der Waals surface area contributed by atoms with Gasteiger partial charge >= 0.3 is 6.18 Å². The maximum absolute atomic E-state index is 13.9. The molecule has 4 aromatic carbocycles. The van der Waals surface area contributed by atoms with Crippen molar-refractivity contribution in [1.82, 2.24) is 4.31 Å². The second-order valence-electron chi connectivity index (χ2n) is 10.9. The number of amides is 1. The van der Waals surface area contributed by atoms with Gasteiger partial charge in [-0.2, -0.15) is 17.5 Å². The van der Waals surface area contributed by atoms with E-state index in [1.54, 1.807) is 36.4 Å². The number of hydrogen-bond acceptors (Lipinski definition) is 6. The zero-order valence-electron chi connectivity index (χ0n) is 24.3. The van der Waals surface area contributed by atoms with Crippen LogP contribution in [0.4, 0.5) is 18.9 Å². The number of phenols is 1. The zero-order valence-corrected chi connectivity index (χ0v) is 26.6. The fourth-order valence-electron chi connectivity index (χ4n) is 5.06. The monoisotopic (exact) mass is 704 g/mol. The highest BCUT2D eigenvalue weighted by molar-refractivity contribution is 7.89. The Labute approximate surface area is 277 Å². The highest BCUT2D eigenvalue weighted by atomic mass is 35.5. The maximum atomic E-state index is 13.9. The molecule has 244 valence electrons. The number of sulfonamides is 1. The molecule has 1 aliphatic heterocycles. The van der Waals surface area contributed by atoms with Crippen LogP contribution in [-0.4, -0.2) is 35.3 Å². The first-order valence-electron chi connectivity index (χ1n) is 14.0. The van der Waals surface area contributed by atoms with Crippen molar-refractivity contribution in [1.29, 1.82) is 0 Å². The minimum Gasteiger partial charge on any atom is -0.505 e. The molecule has 1 heterocycles. The van der Waals surface area contributed by atoms with E-state index in [4.69, 9.17) is 23.2 Å². The first-order valence-corrected chi connectivity index (χ1v) is 16.2. The number of rotatable bonds is 10. The number of ketones is 2. The number of carbonyl (C=O) groups excluding carboxylic acids is 3. The molecule has 0 radical (unpaired) electrons. The molecule has 47 heavy (non-hydrogen) atoms. The Morgan fingerprint density at radius 2 is 1.57 bits per heavy atom. The number of Topliss-reactive ketones (excluding diaryl/α,β-unsaturated/α-hetero) is 2. The SMILES string of the molecule is O=C1Cc2ccc(C(=O)CCc3cccc(CN(Cc4ccc(C(F)(F)F)cc4)S(=O)(=O)c4cc(Cl)cc(Cl)c4O)c3)cc2NC1=O. The van der Waals surface area contributed by atoms with E-state index in [0.717, 1.165) is 22.5 Å². The van der Waals surface area contributed by atoms with Crippen LogP contribution in [-0.2, 0) is 51.7 Å². The van der Waals surface area contributed by atoms with Crippen molar-refractivity contribution in [3.05, 3.63) is 122 Å². The van der Waals surface area contributed by atoms with Gasteiger partial charge in [0, 0.05) is 42.2 Å². The summed E-state index contributed by atoms with van der Waals surface area (Å²) in [6, 6.07) is 17.8. The Kier molecular flexibility index (Phi) is 9.78. The summed E-state index contributed by atoms with van der Waals surface area (Å²) in [4.78, 5) is 35.8. The summed E-state index contributed by atoms with van der Waals surface area (Å²) in [5.41, 5.74) is 1.93. The van der Waals surface area contributed by atoms with Crippen LogP contribution in [0.5, 0.6) is 5.75 Å². The van der Waals surface area contributed by atoms with Gasteiger partial charge in [0.25, 0.3) is 5.91 Å². The quantitative estimate of drug-likeness (QED) is 0.136. The molecule has 0 spiro atoms. The topological polar surface area (TPSA) is 121 Å². The average molecular weight is 706 g/mol. The maximum Gasteiger partial charge on any atom is 0.416 e. The Morgan fingerprint density at radius 1 is 0.894 bits per heavy atom. The van der Waals surface area contributed by atoms with Crippen molar-refractivity contribution in [2.75, 3.05) is 5.32 Å². The molecular weight excluding hydrogens is 680 g/mol. The van der Waals surface area contributed by atoms with Gasteiger partial charge in [0.05, 0.1) is 10.6 Å². The zero-order chi connectivity index (χ0) is 34.1. The summed E-state index contributed by atoms with van der Waals surface area (Å²) in [5.74, 6) is -2.24. The Balaban J connectivity index is 1.38. The lowest BCUT2D eigenvalue weighted by molar-refractivity contribution is -0.137. The predicted molar refractivity (Wildman–Crippen MR) is 169 cm³/mol. The van der Waals surface area contributed by atoms with Crippen molar-refractivity contribution in [3.8, 4) is 5.75 Å². The highest BCUT2D eigenvalue weighted by Crippen LogP contribution is 2.37. The predicted octanol–water partition coefficient (Wildman–Crippen LogP) is 6.99. The van der Waals surface area contributed by atoms with E-state index >= 15 is 0 Å².